The van der Waals surface area contributed by atoms with Gasteiger partial charge in [-0.3, -0.25) is 14.4 Å². The van der Waals surface area contributed by atoms with Crippen molar-refractivity contribution in [2.75, 3.05) is 13.1 Å². The summed E-state index contributed by atoms with van der Waals surface area (Å²) in [6, 6.07) is 13.7. The van der Waals surface area contributed by atoms with Crippen molar-refractivity contribution >= 4 is 29.1 Å². The molecule has 1 amide bonds. The summed E-state index contributed by atoms with van der Waals surface area (Å²) in [5.41, 5.74) is 1.39. The molecule has 0 N–H and O–H groups in total. The van der Waals surface area contributed by atoms with E-state index in [4.69, 9.17) is 11.6 Å². The van der Waals surface area contributed by atoms with Gasteiger partial charge in [-0.15, -0.1) is 0 Å². The lowest BCUT2D eigenvalue weighted by molar-refractivity contribution is 0.0633. The van der Waals surface area contributed by atoms with Gasteiger partial charge < -0.3 is 4.90 Å². The molecule has 2 aromatic carbocycles. The van der Waals surface area contributed by atoms with Crippen LogP contribution >= 0.6 is 11.6 Å². The average Bonchev–Trinajstić information content (AvgIpc) is 2.67. The van der Waals surface area contributed by atoms with Gasteiger partial charge in [-0.25, -0.2) is 0 Å². The van der Waals surface area contributed by atoms with E-state index in [9.17, 15) is 14.4 Å². The second-order valence-electron chi connectivity index (χ2n) is 6.57. The minimum Gasteiger partial charge on any atom is -0.338 e. The minimum atomic E-state index is -0.254. The van der Waals surface area contributed by atoms with E-state index in [1.807, 2.05) is 0 Å². The summed E-state index contributed by atoms with van der Waals surface area (Å²) in [7, 11) is 0. The predicted octanol–water partition coefficient (Wildman–Crippen LogP) is 4.28. The Bertz CT molecular complexity index is 862. The van der Waals surface area contributed by atoms with Crippen molar-refractivity contribution in [2.45, 2.75) is 19.8 Å². The fraction of sp³-hybridized carbons (Fsp3) is 0.286. The Morgan fingerprint density at radius 2 is 1.77 bits per heavy atom. The summed E-state index contributed by atoms with van der Waals surface area (Å²) in [6.07, 6.45) is 1.49. The van der Waals surface area contributed by atoms with E-state index in [1.165, 1.54) is 6.92 Å². The molecule has 0 unspecified atom stereocenters. The number of benzene rings is 2. The Morgan fingerprint density at radius 3 is 2.46 bits per heavy atom. The van der Waals surface area contributed by atoms with Gasteiger partial charge in [-0.2, -0.15) is 0 Å². The zero-order valence-corrected chi connectivity index (χ0v) is 15.3. The summed E-state index contributed by atoms with van der Waals surface area (Å²) >= 11 is 5.99. The van der Waals surface area contributed by atoms with Crippen molar-refractivity contribution < 1.29 is 14.4 Å². The van der Waals surface area contributed by atoms with Crippen molar-refractivity contribution in [3.05, 3.63) is 70.2 Å². The molecule has 1 heterocycles. The molecule has 1 atom stereocenters. The van der Waals surface area contributed by atoms with E-state index in [0.29, 0.717) is 34.8 Å². The van der Waals surface area contributed by atoms with E-state index < -0.39 is 0 Å². The Morgan fingerprint density at radius 1 is 1.04 bits per heavy atom. The van der Waals surface area contributed by atoms with E-state index in [2.05, 4.69) is 0 Å². The van der Waals surface area contributed by atoms with Gasteiger partial charge in [-0.05, 0) is 38.0 Å². The molecule has 1 fully saturated rings. The van der Waals surface area contributed by atoms with Crippen LogP contribution in [0.2, 0.25) is 5.02 Å². The van der Waals surface area contributed by atoms with Gasteiger partial charge in [0.25, 0.3) is 5.91 Å². The molecule has 134 valence electrons. The summed E-state index contributed by atoms with van der Waals surface area (Å²) in [4.78, 5) is 39.2. The van der Waals surface area contributed by atoms with Gasteiger partial charge in [0.2, 0.25) is 0 Å². The highest BCUT2D eigenvalue weighted by Crippen LogP contribution is 2.24. The van der Waals surface area contributed by atoms with Crippen LogP contribution in [0.15, 0.2) is 48.5 Å². The molecule has 0 aliphatic carbocycles. The molecule has 1 aliphatic rings. The van der Waals surface area contributed by atoms with Gasteiger partial charge >= 0.3 is 0 Å². The van der Waals surface area contributed by atoms with Crippen LogP contribution in [0.5, 0.6) is 0 Å². The van der Waals surface area contributed by atoms with Crippen molar-refractivity contribution in [2.24, 2.45) is 5.92 Å². The minimum absolute atomic E-state index is 0.00449. The van der Waals surface area contributed by atoms with Gasteiger partial charge in [-0.1, -0.05) is 41.9 Å². The van der Waals surface area contributed by atoms with Crippen molar-refractivity contribution in [3.8, 4) is 0 Å². The molecule has 0 saturated carbocycles. The van der Waals surface area contributed by atoms with Crippen LogP contribution in [0.1, 0.15) is 50.8 Å². The first-order valence-corrected chi connectivity index (χ1v) is 9.04. The second-order valence-corrected chi connectivity index (χ2v) is 7.00. The number of ketones is 2. The summed E-state index contributed by atoms with van der Waals surface area (Å²) in [5.74, 6) is -0.586. The molecule has 3 rings (SSSR count). The normalized spacial score (nSPS) is 17.0. The first-order valence-electron chi connectivity index (χ1n) is 8.66. The smallest absolute Gasteiger partial charge is 0.254 e. The van der Waals surface area contributed by atoms with Crippen LogP contribution in [0.25, 0.3) is 0 Å². The third-order valence-corrected chi connectivity index (χ3v) is 4.96. The molecule has 0 aromatic heterocycles. The molecular weight excluding hydrogens is 350 g/mol. The van der Waals surface area contributed by atoms with Crippen LogP contribution in [-0.2, 0) is 0 Å². The maximum absolute atomic E-state index is 12.9. The molecule has 1 saturated heterocycles. The van der Waals surface area contributed by atoms with Gasteiger partial charge in [0, 0.05) is 35.2 Å². The number of likely N-dealkylation sites (tertiary alicyclic amines) is 1. The molecule has 2 aromatic rings. The molecular formula is C21H20ClNO3. The summed E-state index contributed by atoms with van der Waals surface area (Å²) in [6.45, 7) is 2.40. The first kappa shape index (κ1) is 18.3. The largest absolute Gasteiger partial charge is 0.338 e. The van der Waals surface area contributed by atoms with E-state index >= 15 is 0 Å². The number of halogens is 1. The van der Waals surface area contributed by atoms with E-state index in [0.717, 1.165) is 12.8 Å². The molecule has 0 bridgehead atoms. The number of amides is 1. The zero-order valence-electron chi connectivity index (χ0n) is 14.6. The standard InChI is InChI=1S/C21H20ClNO3/c1-14(24)18-9-2-3-10-19(18)21(26)23-11-5-7-16(13-23)20(25)15-6-4-8-17(22)12-15/h2-4,6,8-10,12,16H,5,7,11,13H2,1H3/t16-/m0/s1. The number of Topliss-reactive ketones (excluding diaryl/α,β-unsaturated/α-hetero) is 2. The second kappa shape index (κ2) is 7.83. The topological polar surface area (TPSA) is 54.5 Å². The van der Waals surface area contributed by atoms with E-state index in [1.54, 1.807) is 53.4 Å². The van der Waals surface area contributed by atoms with Gasteiger partial charge in [0.1, 0.15) is 0 Å². The number of piperidine rings is 1. The van der Waals surface area contributed by atoms with Crippen molar-refractivity contribution in [1.82, 2.24) is 4.90 Å². The van der Waals surface area contributed by atoms with Crippen LogP contribution in [0.3, 0.4) is 0 Å². The molecule has 1 aliphatic heterocycles. The lowest BCUT2D eigenvalue weighted by atomic mass is 9.89. The summed E-state index contributed by atoms with van der Waals surface area (Å²) in [5, 5.41) is 0.523. The van der Waals surface area contributed by atoms with Crippen LogP contribution < -0.4 is 0 Å². The number of nitrogens with zero attached hydrogens (tertiary/aromatic N) is 1. The third-order valence-electron chi connectivity index (χ3n) is 4.73. The van der Waals surface area contributed by atoms with Crippen LogP contribution in [0, 0.1) is 5.92 Å². The number of hydrogen-bond donors (Lipinski definition) is 0. The van der Waals surface area contributed by atoms with E-state index in [-0.39, 0.29) is 23.4 Å². The number of carbonyl (C=O) groups excluding carboxylic acids is 3. The van der Waals surface area contributed by atoms with Crippen LogP contribution in [0.4, 0.5) is 0 Å². The molecule has 0 radical (unpaired) electrons. The van der Waals surface area contributed by atoms with Gasteiger partial charge in [0.15, 0.2) is 11.6 Å². The quantitative estimate of drug-likeness (QED) is 0.756. The highest BCUT2D eigenvalue weighted by atomic mass is 35.5. The maximum atomic E-state index is 12.9. The Balaban J connectivity index is 1.79. The number of hydrogen-bond acceptors (Lipinski definition) is 3. The zero-order chi connectivity index (χ0) is 18.7. The monoisotopic (exact) mass is 369 g/mol. The summed E-state index contributed by atoms with van der Waals surface area (Å²) < 4.78 is 0. The number of carbonyl (C=O) groups is 3. The predicted molar refractivity (Wildman–Crippen MR) is 101 cm³/mol. The Hall–Kier alpha value is -2.46. The molecule has 5 heteroatoms. The third kappa shape index (κ3) is 3.86. The fourth-order valence-corrected chi connectivity index (χ4v) is 3.59. The van der Waals surface area contributed by atoms with Crippen LogP contribution in [-0.4, -0.2) is 35.5 Å². The molecule has 26 heavy (non-hydrogen) atoms. The SMILES string of the molecule is CC(=O)c1ccccc1C(=O)N1CCC[C@H](C(=O)c2cccc(Cl)c2)C1. The first-order chi connectivity index (χ1) is 12.5. The lowest BCUT2D eigenvalue weighted by Crippen LogP contribution is -2.42. The van der Waals surface area contributed by atoms with Gasteiger partial charge in [0.05, 0.1) is 5.56 Å². The highest BCUT2D eigenvalue weighted by molar-refractivity contribution is 6.31. The maximum Gasteiger partial charge on any atom is 0.254 e. The number of rotatable bonds is 4. The average molecular weight is 370 g/mol. The van der Waals surface area contributed by atoms with Crippen molar-refractivity contribution in [3.63, 3.8) is 0 Å². The molecule has 0 spiro atoms. The fourth-order valence-electron chi connectivity index (χ4n) is 3.40. The highest BCUT2D eigenvalue weighted by Gasteiger charge is 2.30. The Labute approximate surface area is 157 Å². The Kier molecular flexibility index (Phi) is 5.52. The van der Waals surface area contributed by atoms with Crippen molar-refractivity contribution in [1.29, 1.82) is 0 Å². The molecule has 4 nitrogen and oxygen atoms in total. The lowest BCUT2D eigenvalue weighted by Gasteiger charge is -2.32.